The number of hydrogen-bond donors (Lipinski definition) is 2. The Kier molecular flexibility index (Phi) is 5.42. The fraction of sp³-hybridized carbons (Fsp3) is 0.200. The number of benzene rings is 1. The molecule has 1 aromatic heterocycles. The first-order chi connectivity index (χ1) is 11.0. The Labute approximate surface area is 137 Å². The van der Waals surface area contributed by atoms with Crippen molar-refractivity contribution in [1.29, 1.82) is 0 Å². The normalized spacial score (nSPS) is 12.1. The average molecular weight is 332 g/mol. The summed E-state index contributed by atoms with van der Waals surface area (Å²) >= 11 is 0.990. The third-order valence-electron chi connectivity index (χ3n) is 2.95. The summed E-state index contributed by atoms with van der Waals surface area (Å²) < 4.78 is 0. The monoisotopic (exact) mass is 332 g/mol. The second-order valence-corrected chi connectivity index (χ2v) is 6.00. The molecule has 2 rings (SSSR count). The Morgan fingerprint density at radius 3 is 2.83 bits per heavy atom. The van der Waals surface area contributed by atoms with E-state index in [1.807, 2.05) is 31.2 Å². The van der Waals surface area contributed by atoms with Crippen LogP contribution in [0.25, 0.3) is 0 Å². The summed E-state index contributed by atoms with van der Waals surface area (Å²) in [6.07, 6.45) is 1.38. The predicted molar refractivity (Wildman–Crippen MR) is 91.0 cm³/mol. The van der Waals surface area contributed by atoms with Crippen LogP contribution in [0.4, 0.5) is 10.7 Å². The molecule has 0 spiro atoms. The van der Waals surface area contributed by atoms with Crippen LogP contribution in [-0.4, -0.2) is 23.1 Å². The van der Waals surface area contributed by atoms with Crippen molar-refractivity contribution in [3.8, 4) is 0 Å². The summed E-state index contributed by atoms with van der Waals surface area (Å²) in [5.41, 5.74) is 4.36. The van der Waals surface area contributed by atoms with Crippen LogP contribution in [0.5, 0.6) is 0 Å². The minimum absolute atomic E-state index is 0.0345. The molecule has 0 aliphatic rings. The van der Waals surface area contributed by atoms with Gasteiger partial charge in [0.1, 0.15) is 6.04 Å². The number of hydrazone groups is 1. The molecule has 1 amide bonds. The van der Waals surface area contributed by atoms with E-state index in [1.54, 1.807) is 13.0 Å². The molecule has 1 aromatic carbocycles. The van der Waals surface area contributed by atoms with Crippen molar-refractivity contribution in [3.63, 3.8) is 0 Å². The first kappa shape index (κ1) is 16.6. The number of thiophene rings is 1. The van der Waals surface area contributed by atoms with Crippen LogP contribution in [0.15, 0.2) is 41.5 Å². The molecule has 0 aliphatic carbocycles. The summed E-state index contributed by atoms with van der Waals surface area (Å²) in [6, 6.07) is 10.2. The van der Waals surface area contributed by atoms with Gasteiger partial charge in [0.2, 0.25) is 0 Å². The highest BCUT2D eigenvalue weighted by Crippen LogP contribution is 2.22. The van der Waals surface area contributed by atoms with Crippen LogP contribution in [0.3, 0.4) is 0 Å². The Bertz CT molecular complexity index is 742. The van der Waals surface area contributed by atoms with Crippen molar-refractivity contribution in [1.82, 2.24) is 5.43 Å². The van der Waals surface area contributed by atoms with Gasteiger partial charge in [-0.3, -0.25) is 14.9 Å². The van der Waals surface area contributed by atoms with Gasteiger partial charge in [0, 0.05) is 11.8 Å². The first-order valence-corrected chi connectivity index (χ1v) is 7.67. The fourth-order valence-corrected chi connectivity index (χ4v) is 2.51. The number of hydrogen-bond acceptors (Lipinski definition) is 6. The topological polar surface area (TPSA) is 96.6 Å². The zero-order valence-corrected chi connectivity index (χ0v) is 13.5. The number of aryl methyl sites for hydroxylation is 1. The molecule has 7 nitrogen and oxygen atoms in total. The molecule has 1 unspecified atom stereocenters. The lowest BCUT2D eigenvalue weighted by molar-refractivity contribution is -0.380. The van der Waals surface area contributed by atoms with Gasteiger partial charge < -0.3 is 5.32 Å². The van der Waals surface area contributed by atoms with E-state index >= 15 is 0 Å². The Morgan fingerprint density at radius 1 is 1.39 bits per heavy atom. The lowest BCUT2D eigenvalue weighted by Gasteiger charge is -2.13. The van der Waals surface area contributed by atoms with Gasteiger partial charge in [-0.15, -0.1) is 0 Å². The lowest BCUT2D eigenvalue weighted by atomic mass is 10.2. The number of carbonyl (C=O) groups is 1. The molecule has 120 valence electrons. The Balaban J connectivity index is 1.88. The Morgan fingerprint density at radius 2 is 2.17 bits per heavy atom. The number of rotatable bonds is 6. The lowest BCUT2D eigenvalue weighted by Crippen LogP contribution is -2.34. The highest BCUT2D eigenvalue weighted by Gasteiger charge is 2.12. The van der Waals surface area contributed by atoms with Crippen molar-refractivity contribution in [2.24, 2.45) is 5.10 Å². The molecule has 2 N–H and O–H groups in total. The molecule has 0 bridgehead atoms. The maximum atomic E-state index is 11.9. The van der Waals surface area contributed by atoms with E-state index in [0.717, 1.165) is 22.6 Å². The largest absolute Gasteiger partial charge is 0.374 e. The SMILES string of the molecule is Cc1cccc(NC(C)C(=O)N/N=C/c2ccc([N+](=O)[O-])s2)c1. The summed E-state index contributed by atoms with van der Waals surface area (Å²) in [4.78, 5) is 22.7. The van der Waals surface area contributed by atoms with Gasteiger partial charge >= 0.3 is 5.00 Å². The average Bonchev–Trinajstić information content (AvgIpc) is 2.96. The zero-order valence-electron chi connectivity index (χ0n) is 12.6. The van der Waals surface area contributed by atoms with E-state index in [1.165, 1.54) is 12.3 Å². The van der Waals surface area contributed by atoms with Gasteiger partial charge in [0.05, 0.1) is 16.0 Å². The summed E-state index contributed by atoms with van der Waals surface area (Å²) in [7, 11) is 0. The van der Waals surface area contributed by atoms with Crippen LogP contribution in [0.2, 0.25) is 0 Å². The van der Waals surface area contributed by atoms with Gasteiger partial charge in [-0.2, -0.15) is 5.10 Å². The second kappa shape index (κ2) is 7.50. The van der Waals surface area contributed by atoms with Gasteiger partial charge in [-0.1, -0.05) is 23.5 Å². The molecule has 0 fully saturated rings. The van der Waals surface area contributed by atoms with Crippen molar-refractivity contribution in [2.75, 3.05) is 5.32 Å². The fourth-order valence-electron chi connectivity index (χ4n) is 1.82. The van der Waals surface area contributed by atoms with Crippen LogP contribution >= 0.6 is 11.3 Å². The minimum Gasteiger partial charge on any atom is -0.374 e. The molecule has 8 heteroatoms. The van der Waals surface area contributed by atoms with E-state index in [-0.39, 0.29) is 10.9 Å². The summed E-state index contributed by atoms with van der Waals surface area (Å²) in [6.45, 7) is 3.70. The number of carbonyl (C=O) groups excluding carboxylic acids is 1. The number of amides is 1. The first-order valence-electron chi connectivity index (χ1n) is 6.86. The highest BCUT2D eigenvalue weighted by molar-refractivity contribution is 7.16. The predicted octanol–water partition coefficient (Wildman–Crippen LogP) is 2.92. The third-order valence-corrected chi connectivity index (χ3v) is 3.93. The quantitative estimate of drug-likeness (QED) is 0.483. The van der Waals surface area contributed by atoms with E-state index in [4.69, 9.17) is 0 Å². The van der Waals surface area contributed by atoms with Crippen molar-refractivity contribution >= 4 is 34.1 Å². The number of nitrogens with zero attached hydrogens (tertiary/aromatic N) is 2. The Hall–Kier alpha value is -2.74. The molecule has 0 radical (unpaired) electrons. The van der Waals surface area contributed by atoms with Crippen LogP contribution < -0.4 is 10.7 Å². The van der Waals surface area contributed by atoms with Crippen molar-refractivity contribution in [2.45, 2.75) is 19.9 Å². The van der Waals surface area contributed by atoms with Gasteiger partial charge in [-0.25, -0.2) is 5.43 Å². The number of nitro groups is 1. The van der Waals surface area contributed by atoms with E-state index < -0.39 is 11.0 Å². The molecular formula is C15H16N4O3S. The van der Waals surface area contributed by atoms with E-state index in [2.05, 4.69) is 15.8 Å². The molecule has 0 saturated carbocycles. The highest BCUT2D eigenvalue weighted by atomic mass is 32.1. The summed E-state index contributed by atoms with van der Waals surface area (Å²) in [5.74, 6) is -0.297. The zero-order chi connectivity index (χ0) is 16.8. The van der Waals surface area contributed by atoms with Crippen molar-refractivity contribution < 1.29 is 9.72 Å². The maximum absolute atomic E-state index is 11.9. The number of anilines is 1. The molecule has 2 aromatic rings. The standard InChI is InChI=1S/C15H16N4O3S/c1-10-4-3-5-12(8-10)17-11(2)15(20)18-16-9-13-6-7-14(23-13)19(21)22/h3-9,11,17H,1-2H3,(H,18,20)/b16-9+. The van der Waals surface area contributed by atoms with Gasteiger partial charge in [0.25, 0.3) is 5.91 Å². The summed E-state index contributed by atoms with van der Waals surface area (Å²) in [5, 5.41) is 17.5. The molecule has 0 saturated heterocycles. The van der Waals surface area contributed by atoms with Crippen LogP contribution in [0.1, 0.15) is 17.4 Å². The minimum atomic E-state index is -0.466. The molecule has 1 atom stereocenters. The maximum Gasteiger partial charge on any atom is 0.324 e. The van der Waals surface area contributed by atoms with Crippen LogP contribution in [-0.2, 0) is 4.79 Å². The third kappa shape index (κ3) is 4.89. The molecule has 0 aliphatic heterocycles. The van der Waals surface area contributed by atoms with E-state index in [0.29, 0.717) is 4.88 Å². The molecular weight excluding hydrogens is 316 g/mol. The second-order valence-electron chi connectivity index (χ2n) is 4.90. The van der Waals surface area contributed by atoms with Crippen molar-refractivity contribution in [3.05, 3.63) is 57.0 Å². The van der Waals surface area contributed by atoms with Gasteiger partial charge in [0.15, 0.2) is 0 Å². The van der Waals surface area contributed by atoms with Gasteiger partial charge in [-0.05, 0) is 37.6 Å². The number of nitrogens with one attached hydrogen (secondary N) is 2. The smallest absolute Gasteiger partial charge is 0.324 e. The van der Waals surface area contributed by atoms with E-state index in [9.17, 15) is 14.9 Å². The molecule has 1 heterocycles. The molecule has 23 heavy (non-hydrogen) atoms. The van der Waals surface area contributed by atoms with Crippen LogP contribution in [0, 0.1) is 17.0 Å².